The average molecular weight is 352 g/mol. The van der Waals surface area contributed by atoms with Gasteiger partial charge in [-0.25, -0.2) is 0 Å². The zero-order chi connectivity index (χ0) is 17.9. The van der Waals surface area contributed by atoms with Crippen molar-refractivity contribution in [3.63, 3.8) is 0 Å². The van der Waals surface area contributed by atoms with Crippen LogP contribution in [-0.2, 0) is 0 Å². The SMILES string of the molecule is COc1ccc(N2CCCC2c2cc(N3CCCC3)ccc2OC)cc1. The topological polar surface area (TPSA) is 24.9 Å². The van der Waals surface area contributed by atoms with E-state index in [4.69, 9.17) is 9.47 Å². The van der Waals surface area contributed by atoms with Gasteiger partial charge in [0.05, 0.1) is 20.3 Å². The molecule has 0 radical (unpaired) electrons. The molecular weight excluding hydrogens is 324 g/mol. The summed E-state index contributed by atoms with van der Waals surface area (Å²) in [5.74, 6) is 1.90. The van der Waals surface area contributed by atoms with Crippen molar-refractivity contribution in [2.24, 2.45) is 0 Å². The molecule has 0 aliphatic carbocycles. The van der Waals surface area contributed by atoms with Gasteiger partial charge in [0.2, 0.25) is 0 Å². The molecule has 2 aliphatic rings. The molecule has 0 amide bonds. The molecule has 2 fully saturated rings. The molecule has 1 atom stereocenters. The van der Waals surface area contributed by atoms with Crippen molar-refractivity contribution in [3.8, 4) is 11.5 Å². The minimum Gasteiger partial charge on any atom is -0.497 e. The van der Waals surface area contributed by atoms with Crippen molar-refractivity contribution in [1.29, 1.82) is 0 Å². The molecule has 1 unspecified atom stereocenters. The van der Waals surface area contributed by atoms with E-state index in [-0.39, 0.29) is 0 Å². The van der Waals surface area contributed by atoms with E-state index in [1.807, 2.05) is 12.1 Å². The number of anilines is 2. The Labute approximate surface area is 156 Å². The van der Waals surface area contributed by atoms with E-state index in [0.29, 0.717) is 6.04 Å². The Balaban J connectivity index is 1.66. The van der Waals surface area contributed by atoms with Gasteiger partial charge in [-0.3, -0.25) is 0 Å². The van der Waals surface area contributed by atoms with Gasteiger partial charge >= 0.3 is 0 Å². The Morgan fingerprint density at radius 1 is 0.808 bits per heavy atom. The van der Waals surface area contributed by atoms with Crippen LogP contribution in [0.1, 0.15) is 37.3 Å². The van der Waals surface area contributed by atoms with Crippen LogP contribution in [0.15, 0.2) is 42.5 Å². The van der Waals surface area contributed by atoms with Gasteiger partial charge < -0.3 is 19.3 Å². The van der Waals surface area contributed by atoms with Crippen molar-refractivity contribution in [3.05, 3.63) is 48.0 Å². The van der Waals surface area contributed by atoms with Gasteiger partial charge in [-0.1, -0.05) is 0 Å². The molecule has 0 spiro atoms. The molecule has 4 heteroatoms. The fourth-order valence-electron chi connectivity index (χ4n) is 4.33. The quantitative estimate of drug-likeness (QED) is 0.782. The Morgan fingerprint density at radius 2 is 1.54 bits per heavy atom. The van der Waals surface area contributed by atoms with Crippen LogP contribution in [0.3, 0.4) is 0 Å². The third-order valence-electron chi connectivity index (χ3n) is 5.70. The summed E-state index contributed by atoms with van der Waals surface area (Å²) >= 11 is 0. The third-order valence-corrected chi connectivity index (χ3v) is 5.70. The van der Waals surface area contributed by atoms with Crippen LogP contribution in [0.2, 0.25) is 0 Å². The molecule has 2 aliphatic heterocycles. The van der Waals surface area contributed by atoms with Crippen molar-refractivity contribution >= 4 is 11.4 Å². The first kappa shape index (κ1) is 17.1. The van der Waals surface area contributed by atoms with E-state index in [0.717, 1.165) is 24.5 Å². The van der Waals surface area contributed by atoms with Crippen LogP contribution in [0.4, 0.5) is 11.4 Å². The van der Waals surface area contributed by atoms with Gasteiger partial charge in [0, 0.05) is 36.6 Å². The fraction of sp³-hybridized carbons (Fsp3) is 0.455. The minimum absolute atomic E-state index is 0.362. The van der Waals surface area contributed by atoms with Crippen LogP contribution in [0.5, 0.6) is 11.5 Å². The molecule has 4 nitrogen and oxygen atoms in total. The van der Waals surface area contributed by atoms with Crippen LogP contribution in [0.25, 0.3) is 0 Å². The maximum Gasteiger partial charge on any atom is 0.124 e. The molecule has 2 aromatic carbocycles. The highest BCUT2D eigenvalue weighted by atomic mass is 16.5. The van der Waals surface area contributed by atoms with Gasteiger partial charge in [-0.2, -0.15) is 0 Å². The van der Waals surface area contributed by atoms with Gasteiger partial charge in [0.15, 0.2) is 0 Å². The zero-order valence-corrected chi connectivity index (χ0v) is 15.8. The molecule has 4 rings (SSSR count). The first-order chi connectivity index (χ1) is 12.8. The highest BCUT2D eigenvalue weighted by Crippen LogP contribution is 2.42. The summed E-state index contributed by atoms with van der Waals surface area (Å²) in [6, 6.07) is 15.5. The standard InChI is InChI=1S/C22H28N2O2/c1-25-19-10-7-17(8-11-19)24-15-5-6-21(24)20-16-18(9-12-22(20)26-2)23-13-3-4-14-23/h7-12,16,21H,3-6,13-15H2,1-2H3. The predicted molar refractivity (Wildman–Crippen MR) is 107 cm³/mol. The number of methoxy groups -OCH3 is 2. The summed E-state index contributed by atoms with van der Waals surface area (Å²) in [4.78, 5) is 5.00. The largest absolute Gasteiger partial charge is 0.497 e. The van der Waals surface area contributed by atoms with Crippen molar-refractivity contribution in [2.75, 3.05) is 43.7 Å². The number of hydrogen-bond acceptors (Lipinski definition) is 4. The summed E-state index contributed by atoms with van der Waals surface area (Å²) < 4.78 is 11.0. The van der Waals surface area contributed by atoms with Crippen LogP contribution in [0, 0.1) is 0 Å². The first-order valence-corrected chi connectivity index (χ1v) is 9.64. The van der Waals surface area contributed by atoms with Crippen molar-refractivity contribution in [2.45, 2.75) is 31.7 Å². The van der Waals surface area contributed by atoms with Gasteiger partial charge in [-0.15, -0.1) is 0 Å². The van der Waals surface area contributed by atoms with E-state index < -0.39 is 0 Å². The molecule has 138 valence electrons. The maximum absolute atomic E-state index is 5.73. The monoisotopic (exact) mass is 352 g/mol. The summed E-state index contributed by atoms with van der Waals surface area (Å²) in [5.41, 5.74) is 3.90. The predicted octanol–water partition coefficient (Wildman–Crippen LogP) is 4.65. The maximum atomic E-state index is 5.73. The number of ether oxygens (including phenoxy) is 2. The lowest BCUT2D eigenvalue weighted by Gasteiger charge is -2.29. The molecular formula is C22H28N2O2. The lowest BCUT2D eigenvalue weighted by Crippen LogP contribution is -2.24. The molecule has 0 saturated carbocycles. The summed E-state index contributed by atoms with van der Waals surface area (Å²) in [5, 5.41) is 0. The summed E-state index contributed by atoms with van der Waals surface area (Å²) in [6.45, 7) is 3.41. The second-order valence-electron chi connectivity index (χ2n) is 7.17. The van der Waals surface area contributed by atoms with E-state index in [1.165, 1.54) is 49.3 Å². The lowest BCUT2D eigenvalue weighted by atomic mass is 10.0. The van der Waals surface area contributed by atoms with E-state index in [9.17, 15) is 0 Å². The van der Waals surface area contributed by atoms with Crippen LogP contribution >= 0.6 is 0 Å². The molecule has 2 saturated heterocycles. The molecule has 0 bridgehead atoms. The highest BCUT2D eigenvalue weighted by molar-refractivity contribution is 5.59. The second kappa shape index (κ2) is 7.48. The lowest BCUT2D eigenvalue weighted by molar-refractivity contribution is 0.405. The van der Waals surface area contributed by atoms with E-state index >= 15 is 0 Å². The molecule has 0 N–H and O–H groups in total. The minimum atomic E-state index is 0.362. The molecule has 26 heavy (non-hydrogen) atoms. The summed E-state index contributed by atoms with van der Waals surface area (Å²) in [6.07, 6.45) is 4.95. The zero-order valence-electron chi connectivity index (χ0n) is 15.8. The van der Waals surface area contributed by atoms with E-state index in [2.05, 4.69) is 40.1 Å². The number of hydrogen-bond donors (Lipinski definition) is 0. The molecule has 2 heterocycles. The Hall–Kier alpha value is -2.36. The number of nitrogens with zero attached hydrogens (tertiary/aromatic N) is 2. The fourth-order valence-corrected chi connectivity index (χ4v) is 4.33. The van der Waals surface area contributed by atoms with Gasteiger partial charge in [0.1, 0.15) is 11.5 Å². The van der Waals surface area contributed by atoms with Crippen LogP contribution < -0.4 is 19.3 Å². The van der Waals surface area contributed by atoms with Crippen molar-refractivity contribution in [1.82, 2.24) is 0 Å². The Morgan fingerprint density at radius 3 is 2.23 bits per heavy atom. The average Bonchev–Trinajstić information content (AvgIpc) is 3.39. The third kappa shape index (κ3) is 3.20. The Bertz CT molecular complexity index is 738. The first-order valence-electron chi connectivity index (χ1n) is 9.64. The number of rotatable bonds is 5. The molecule has 2 aromatic rings. The van der Waals surface area contributed by atoms with Gasteiger partial charge in [0.25, 0.3) is 0 Å². The second-order valence-corrected chi connectivity index (χ2v) is 7.17. The smallest absolute Gasteiger partial charge is 0.124 e. The number of benzene rings is 2. The summed E-state index contributed by atoms with van der Waals surface area (Å²) in [7, 11) is 3.49. The van der Waals surface area contributed by atoms with E-state index in [1.54, 1.807) is 14.2 Å². The van der Waals surface area contributed by atoms with Crippen molar-refractivity contribution < 1.29 is 9.47 Å². The Kier molecular flexibility index (Phi) is 4.91. The normalized spacial score (nSPS) is 19.8. The molecule has 0 aromatic heterocycles. The highest BCUT2D eigenvalue weighted by Gasteiger charge is 2.29. The van der Waals surface area contributed by atoms with Gasteiger partial charge in [-0.05, 0) is 68.1 Å². The van der Waals surface area contributed by atoms with Crippen LogP contribution in [-0.4, -0.2) is 33.9 Å².